The van der Waals surface area contributed by atoms with E-state index in [1.54, 1.807) is 17.4 Å². The average molecular weight is 340 g/mol. The van der Waals surface area contributed by atoms with Gasteiger partial charge in [-0.15, -0.1) is 0 Å². The van der Waals surface area contributed by atoms with E-state index in [9.17, 15) is 9.59 Å². The van der Waals surface area contributed by atoms with Crippen LogP contribution in [0.15, 0.2) is 43.0 Å². The van der Waals surface area contributed by atoms with Gasteiger partial charge in [0.2, 0.25) is 11.8 Å². The maximum Gasteiger partial charge on any atom is 0.225 e. The van der Waals surface area contributed by atoms with E-state index in [-0.39, 0.29) is 17.7 Å². The minimum atomic E-state index is -0.244. The quantitative estimate of drug-likeness (QED) is 0.781. The smallest absolute Gasteiger partial charge is 0.225 e. The van der Waals surface area contributed by atoms with Gasteiger partial charge in [-0.05, 0) is 18.9 Å². The predicted octanol–water partition coefficient (Wildman–Crippen LogP) is 1.75. The van der Waals surface area contributed by atoms with Gasteiger partial charge in [0, 0.05) is 45.0 Å². The molecule has 1 unspecified atom stereocenters. The van der Waals surface area contributed by atoms with Crippen LogP contribution in [-0.2, 0) is 22.7 Å². The highest BCUT2D eigenvalue weighted by Crippen LogP contribution is 2.20. The largest absolute Gasteiger partial charge is 0.356 e. The SMILES string of the molecule is Cc1ccc(CN2CC(C(=O)NCCCn3ccnc3)CC2=O)cc1. The van der Waals surface area contributed by atoms with E-state index in [1.165, 1.54) is 5.56 Å². The maximum atomic E-state index is 12.3. The van der Waals surface area contributed by atoms with Crippen molar-refractivity contribution in [3.63, 3.8) is 0 Å². The number of benzene rings is 1. The Morgan fingerprint density at radius 1 is 1.32 bits per heavy atom. The molecule has 1 aliphatic heterocycles. The zero-order valence-corrected chi connectivity index (χ0v) is 14.5. The molecule has 1 aromatic heterocycles. The molecule has 132 valence electrons. The summed E-state index contributed by atoms with van der Waals surface area (Å²) in [5, 5.41) is 2.95. The van der Waals surface area contributed by atoms with Crippen LogP contribution in [0.25, 0.3) is 0 Å². The third-order valence-corrected chi connectivity index (χ3v) is 4.53. The van der Waals surface area contributed by atoms with Gasteiger partial charge >= 0.3 is 0 Å². The predicted molar refractivity (Wildman–Crippen MR) is 94.6 cm³/mol. The van der Waals surface area contributed by atoms with Crippen LogP contribution in [-0.4, -0.2) is 39.4 Å². The molecule has 1 atom stereocenters. The number of hydrogen-bond donors (Lipinski definition) is 1. The molecule has 1 aliphatic rings. The van der Waals surface area contributed by atoms with Gasteiger partial charge in [0.05, 0.1) is 12.2 Å². The third kappa shape index (κ3) is 4.68. The van der Waals surface area contributed by atoms with Crippen molar-refractivity contribution in [2.45, 2.75) is 32.9 Å². The van der Waals surface area contributed by atoms with Crippen molar-refractivity contribution >= 4 is 11.8 Å². The van der Waals surface area contributed by atoms with E-state index >= 15 is 0 Å². The van der Waals surface area contributed by atoms with E-state index in [4.69, 9.17) is 0 Å². The molecular formula is C19H24N4O2. The lowest BCUT2D eigenvalue weighted by Crippen LogP contribution is -2.33. The minimum absolute atomic E-state index is 0.0228. The van der Waals surface area contributed by atoms with Crippen LogP contribution in [0.4, 0.5) is 0 Å². The first-order valence-corrected chi connectivity index (χ1v) is 8.68. The molecule has 1 aromatic carbocycles. The molecule has 1 saturated heterocycles. The number of carbonyl (C=O) groups is 2. The van der Waals surface area contributed by atoms with Gasteiger partial charge in [0.1, 0.15) is 0 Å². The molecule has 25 heavy (non-hydrogen) atoms. The van der Waals surface area contributed by atoms with Crippen LogP contribution in [0.2, 0.25) is 0 Å². The molecule has 1 N–H and O–H groups in total. The Kier molecular flexibility index (Phi) is 5.48. The van der Waals surface area contributed by atoms with Gasteiger partial charge in [0.15, 0.2) is 0 Å². The lowest BCUT2D eigenvalue weighted by atomic mass is 10.1. The van der Waals surface area contributed by atoms with E-state index in [1.807, 2.05) is 42.0 Å². The molecule has 2 amide bonds. The zero-order chi connectivity index (χ0) is 17.6. The molecule has 0 aliphatic carbocycles. The number of hydrogen-bond acceptors (Lipinski definition) is 3. The summed E-state index contributed by atoms with van der Waals surface area (Å²) in [5.74, 6) is -0.212. The Hall–Kier alpha value is -2.63. The first-order valence-electron chi connectivity index (χ1n) is 8.68. The molecular weight excluding hydrogens is 316 g/mol. The number of nitrogens with zero attached hydrogens (tertiary/aromatic N) is 3. The van der Waals surface area contributed by atoms with Gasteiger partial charge in [-0.3, -0.25) is 9.59 Å². The molecule has 2 aromatic rings. The fraction of sp³-hybridized carbons (Fsp3) is 0.421. The highest BCUT2D eigenvalue weighted by Gasteiger charge is 2.33. The number of imidazole rings is 1. The van der Waals surface area contributed by atoms with Crippen LogP contribution in [0, 0.1) is 12.8 Å². The fourth-order valence-corrected chi connectivity index (χ4v) is 3.05. The average Bonchev–Trinajstić information content (AvgIpc) is 3.24. The zero-order valence-electron chi connectivity index (χ0n) is 14.5. The first-order chi connectivity index (χ1) is 12.1. The van der Waals surface area contributed by atoms with Gasteiger partial charge in [-0.25, -0.2) is 4.98 Å². The number of rotatable bonds is 7. The van der Waals surface area contributed by atoms with Crippen molar-refractivity contribution < 1.29 is 9.59 Å². The molecule has 1 fully saturated rings. The summed E-state index contributed by atoms with van der Waals surface area (Å²) in [4.78, 5) is 30.2. The van der Waals surface area contributed by atoms with Gasteiger partial charge in [-0.2, -0.15) is 0 Å². The second-order valence-corrected chi connectivity index (χ2v) is 6.61. The third-order valence-electron chi connectivity index (χ3n) is 4.53. The van der Waals surface area contributed by atoms with E-state index < -0.39 is 0 Å². The topological polar surface area (TPSA) is 67.2 Å². The summed E-state index contributed by atoms with van der Waals surface area (Å²) in [6.07, 6.45) is 6.56. The molecule has 0 spiro atoms. The van der Waals surface area contributed by atoms with E-state index in [2.05, 4.69) is 10.3 Å². The highest BCUT2D eigenvalue weighted by atomic mass is 16.2. The van der Waals surface area contributed by atoms with E-state index in [0.29, 0.717) is 26.1 Å². The number of likely N-dealkylation sites (tertiary alicyclic amines) is 1. The molecule has 0 radical (unpaired) electrons. The molecule has 0 saturated carbocycles. The number of carbonyl (C=O) groups excluding carboxylic acids is 2. The second-order valence-electron chi connectivity index (χ2n) is 6.61. The Morgan fingerprint density at radius 3 is 2.84 bits per heavy atom. The minimum Gasteiger partial charge on any atom is -0.356 e. The Morgan fingerprint density at radius 2 is 2.12 bits per heavy atom. The van der Waals surface area contributed by atoms with Crippen LogP contribution < -0.4 is 5.32 Å². The lowest BCUT2D eigenvalue weighted by Gasteiger charge is -2.17. The molecule has 6 heteroatoms. The molecule has 2 heterocycles. The van der Waals surface area contributed by atoms with Crippen LogP contribution in [0.5, 0.6) is 0 Å². The molecule has 6 nitrogen and oxygen atoms in total. The van der Waals surface area contributed by atoms with Crippen LogP contribution >= 0.6 is 0 Å². The van der Waals surface area contributed by atoms with E-state index in [0.717, 1.165) is 18.5 Å². The monoisotopic (exact) mass is 340 g/mol. The summed E-state index contributed by atoms with van der Waals surface area (Å²) in [7, 11) is 0. The first kappa shape index (κ1) is 17.2. The summed E-state index contributed by atoms with van der Waals surface area (Å²) < 4.78 is 1.98. The van der Waals surface area contributed by atoms with Crippen molar-refractivity contribution in [2.24, 2.45) is 5.92 Å². The van der Waals surface area contributed by atoms with Crippen molar-refractivity contribution in [1.82, 2.24) is 19.8 Å². The van der Waals surface area contributed by atoms with Gasteiger partial charge < -0.3 is 14.8 Å². The van der Waals surface area contributed by atoms with Gasteiger partial charge in [0.25, 0.3) is 0 Å². The molecule has 0 bridgehead atoms. The lowest BCUT2D eigenvalue weighted by molar-refractivity contribution is -0.129. The van der Waals surface area contributed by atoms with Crippen molar-refractivity contribution in [1.29, 1.82) is 0 Å². The van der Waals surface area contributed by atoms with Crippen molar-refractivity contribution in [3.05, 3.63) is 54.1 Å². The number of aromatic nitrogens is 2. The highest BCUT2D eigenvalue weighted by molar-refractivity contribution is 5.89. The Bertz CT molecular complexity index is 710. The summed E-state index contributed by atoms with van der Waals surface area (Å²) in [6, 6.07) is 8.15. The standard InChI is InChI=1S/C19H24N4O2/c1-15-3-5-16(6-4-15)12-23-13-17(11-18(23)24)19(25)21-7-2-9-22-10-8-20-14-22/h3-6,8,10,14,17H,2,7,9,11-13H2,1H3,(H,21,25). The Labute approximate surface area is 147 Å². The fourth-order valence-electron chi connectivity index (χ4n) is 3.05. The Balaban J connectivity index is 1.43. The van der Waals surface area contributed by atoms with Crippen molar-refractivity contribution in [3.8, 4) is 0 Å². The number of aryl methyl sites for hydroxylation is 2. The summed E-state index contributed by atoms with van der Waals surface area (Å²) in [6.45, 7) is 4.55. The summed E-state index contributed by atoms with van der Waals surface area (Å²) in [5.41, 5.74) is 2.30. The second kappa shape index (κ2) is 7.96. The number of amides is 2. The van der Waals surface area contributed by atoms with Crippen molar-refractivity contribution in [2.75, 3.05) is 13.1 Å². The normalized spacial score (nSPS) is 17.1. The van der Waals surface area contributed by atoms with Crippen LogP contribution in [0.1, 0.15) is 24.0 Å². The molecule has 3 rings (SSSR count). The maximum absolute atomic E-state index is 12.3. The van der Waals surface area contributed by atoms with Gasteiger partial charge in [-0.1, -0.05) is 29.8 Å². The van der Waals surface area contributed by atoms with Crippen LogP contribution in [0.3, 0.4) is 0 Å². The number of nitrogens with one attached hydrogen (secondary N) is 1. The summed E-state index contributed by atoms with van der Waals surface area (Å²) >= 11 is 0.